The smallest absolute Gasteiger partial charge is 0.306 e. The monoisotopic (exact) mass is 903 g/mol. The summed E-state index contributed by atoms with van der Waals surface area (Å²) < 4.78 is 34.2. The molecule has 0 aliphatic carbocycles. The number of ether oxygens (including phenoxy) is 6. The molecule has 14 heteroatoms. The Morgan fingerprint density at radius 1 is 0.524 bits per heavy atom. The summed E-state index contributed by atoms with van der Waals surface area (Å²) in [6.07, 6.45) is 22.4. The van der Waals surface area contributed by atoms with Crippen LogP contribution < -0.4 is 0 Å². The topological polar surface area (TPSA) is 214 Å². The Labute approximate surface area is 379 Å². The molecule has 0 aromatic carbocycles. The van der Waals surface area contributed by atoms with E-state index in [1.807, 2.05) is 0 Å². The molecular formula is C49H90O14. The fourth-order valence-electron chi connectivity index (χ4n) is 7.84. The zero-order valence-electron chi connectivity index (χ0n) is 39.1. The van der Waals surface area contributed by atoms with E-state index in [2.05, 4.69) is 38.2 Å². The van der Waals surface area contributed by atoms with Crippen LogP contribution in [0.1, 0.15) is 181 Å². The molecule has 0 aromatic heterocycles. The fraction of sp³-hybridized carbons (Fsp3) is 0.898. The fourth-order valence-corrected chi connectivity index (χ4v) is 7.84. The second-order valence-corrected chi connectivity index (χ2v) is 17.6. The van der Waals surface area contributed by atoms with Crippen molar-refractivity contribution in [3.63, 3.8) is 0 Å². The third kappa shape index (κ3) is 25.8. The molecule has 2 aliphatic heterocycles. The van der Waals surface area contributed by atoms with E-state index in [1.165, 1.54) is 89.9 Å². The molecule has 0 amide bonds. The van der Waals surface area contributed by atoms with Gasteiger partial charge in [0, 0.05) is 13.0 Å². The van der Waals surface area contributed by atoms with Crippen molar-refractivity contribution in [3.05, 3.63) is 24.3 Å². The molecule has 63 heavy (non-hydrogen) atoms. The van der Waals surface area contributed by atoms with E-state index in [0.717, 1.165) is 64.2 Å². The second-order valence-electron chi connectivity index (χ2n) is 17.6. The average molecular weight is 903 g/mol. The SMILES string of the molecule is CCCCCC/C=C\C/C=C\CCCCCCCC(=O)OC(COCCCCCCCCCCCCCCC)COC1OC(COC2OC(CO)C(O)C(O)C2O)C(O)C(O)C1O. The molecule has 2 saturated heterocycles. The van der Waals surface area contributed by atoms with Gasteiger partial charge in [-0.2, -0.15) is 0 Å². The van der Waals surface area contributed by atoms with Crippen LogP contribution in [0.3, 0.4) is 0 Å². The zero-order chi connectivity index (χ0) is 45.9. The third-order valence-corrected chi connectivity index (χ3v) is 12.0. The summed E-state index contributed by atoms with van der Waals surface area (Å²) in [6.45, 7) is 3.66. The van der Waals surface area contributed by atoms with Crippen LogP contribution in [0.5, 0.6) is 0 Å². The number of hydrogen-bond acceptors (Lipinski definition) is 14. The number of rotatable bonds is 39. The van der Waals surface area contributed by atoms with Crippen LogP contribution in [0.25, 0.3) is 0 Å². The van der Waals surface area contributed by atoms with E-state index in [9.17, 15) is 40.5 Å². The van der Waals surface area contributed by atoms with Crippen LogP contribution in [0.15, 0.2) is 24.3 Å². The Balaban J connectivity index is 1.79. The molecule has 11 unspecified atom stereocenters. The first-order chi connectivity index (χ1) is 30.6. The van der Waals surface area contributed by atoms with Crippen molar-refractivity contribution in [2.45, 2.75) is 248 Å². The lowest BCUT2D eigenvalue weighted by Crippen LogP contribution is -2.61. The molecule has 0 spiro atoms. The van der Waals surface area contributed by atoms with Crippen molar-refractivity contribution in [2.75, 3.05) is 33.0 Å². The summed E-state index contributed by atoms with van der Waals surface area (Å²) >= 11 is 0. The standard InChI is InChI=1S/C49H90O14/c1-3-5-7-9-11-13-15-17-18-19-20-22-24-26-28-30-32-41(51)61-38(35-58-33-31-29-27-25-23-21-16-14-12-10-8-6-4-2)36-59-48-47(57)45(55)43(53)40(63-48)37-60-49-46(56)44(54)42(52)39(34-50)62-49/h13,15,18-19,38-40,42-50,52-57H,3-12,14,16-17,20-37H2,1-2H3/b15-13-,19-18-. The van der Waals surface area contributed by atoms with Crippen molar-refractivity contribution in [3.8, 4) is 0 Å². The lowest BCUT2D eigenvalue weighted by atomic mass is 9.98. The van der Waals surface area contributed by atoms with Crippen LogP contribution in [0, 0.1) is 0 Å². The first-order valence-corrected chi connectivity index (χ1v) is 24.9. The van der Waals surface area contributed by atoms with Crippen molar-refractivity contribution in [2.24, 2.45) is 0 Å². The van der Waals surface area contributed by atoms with Crippen molar-refractivity contribution in [1.82, 2.24) is 0 Å². The molecular weight excluding hydrogens is 813 g/mol. The predicted octanol–water partition coefficient (Wildman–Crippen LogP) is 6.85. The van der Waals surface area contributed by atoms with Gasteiger partial charge in [-0.25, -0.2) is 0 Å². The number of hydrogen-bond donors (Lipinski definition) is 7. The number of carbonyl (C=O) groups is 1. The average Bonchev–Trinajstić information content (AvgIpc) is 3.28. The molecule has 2 heterocycles. The summed E-state index contributed by atoms with van der Waals surface area (Å²) in [5.41, 5.74) is 0. The predicted molar refractivity (Wildman–Crippen MR) is 243 cm³/mol. The number of unbranched alkanes of at least 4 members (excludes halogenated alkanes) is 21. The lowest BCUT2D eigenvalue weighted by Gasteiger charge is -2.42. The molecule has 0 aromatic rings. The number of allylic oxidation sites excluding steroid dienone is 4. The Bertz CT molecular complexity index is 1140. The maximum atomic E-state index is 13.0. The molecule has 14 nitrogen and oxygen atoms in total. The van der Waals surface area contributed by atoms with Gasteiger partial charge >= 0.3 is 5.97 Å². The maximum Gasteiger partial charge on any atom is 0.306 e. The van der Waals surface area contributed by atoms with Crippen molar-refractivity contribution >= 4 is 5.97 Å². The van der Waals surface area contributed by atoms with Crippen LogP contribution in [0.4, 0.5) is 0 Å². The van der Waals surface area contributed by atoms with E-state index in [-0.39, 0.29) is 25.6 Å². The van der Waals surface area contributed by atoms with Crippen molar-refractivity contribution < 1.29 is 69.0 Å². The van der Waals surface area contributed by atoms with E-state index in [0.29, 0.717) is 13.0 Å². The molecule has 0 radical (unpaired) electrons. The highest BCUT2D eigenvalue weighted by Crippen LogP contribution is 2.26. The Kier molecular flexibility index (Phi) is 34.3. The minimum Gasteiger partial charge on any atom is -0.457 e. The highest BCUT2D eigenvalue weighted by molar-refractivity contribution is 5.69. The minimum absolute atomic E-state index is 0.0594. The third-order valence-electron chi connectivity index (χ3n) is 12.0. The second kappa shape index (κ2) is 37.5. The minimum atomic E-state index is -1.71. The summed E-state index contributed by atoms with van der Waals surface area (Å²) in [7, 11) is 0. The highest BCUT2D eigenvalue weighted by Gasteiger charge is 2.47. The van der Waals surface area contributed by atoms with Crippen LogP contribution >= 0.6 is 0 Å². The number of aliphatic hydroxyl groups excluding tert-OH is 7. The van der Waals surface area contributed by atoms with E-state index < -0.39 is 80.7 Å². The maximum absolute atomic E-state index is 13.0. The van der Waals surface area contributed by atoms with E-state index in [4.69, 9.17) is 28.4 Å². The number of aliphatic hydroxyl groups is 7. The lowest BCUT2D eigenvalue weighted by molar-refractivity contribution is -0.332. The first kappa shape index (κ1) is 57.6. The summed E-state index contributed by atoms with van der Waals surface area (Å²) in [5.74, 6) is -0.388. The quantitative estimate of drug-likeness (QED) is 0.0191. The van der Waals surface area contributed by atoms with Gasteiger partial charge in [-0.1, -0.05) is 154 Å². The van der Waals surface area contributed by atoms with Crippen LogP contribution in [0.2, 0.25) is 0 Å². The van der Waals surface area contributed by atoms with Gasteiger partial charge in [-0.15, -0.1) is 0 Å². The van der Waals surface area contributed by atoms with Gasteiger partial charge in [-0.05, 0) is 44.9 Å². The zero-order valence-corrected chi connectivity index (χ0v) is 39.1. The van der Waals surface area contributed by atoms with Gasteiger partial charge in [0.15, 0.2) is 12.6 Å². The van der Waals surface area contributed by atoms with Gasteiger partial charge in [0.1, 0.15) is 54.9 Å². The molecule has 2 rings (SSSR count). The molecule has 0 saturated carbocycles. The van der Waals surface area contributed by atoms with Gasteiger partial charge in [0.25, 0.3) is 0 Å². The van der Waals surface area contributed by atoms with Crippen LogP contribution in [-0.4, -0.2) is 142 Å². The first-order valence-electron chi connectivity index (χ1n) is 24.9. The number of carbonyl (C=O) groups excluding carboxylic acids is 1. The summed E-state index contributed by atoms with van der Waals surface area (Å²) in [4.78, 5) is 13.0. The van der Waals surface area contributed by atoms with Gasteiger partial charge in [0.2, 0.25) is 0 Å². The molecule has 7 N–H and O–H groups in total. The summed E-state index contributed by atoms with van der Waals surface area (Å²) in [5, 5.41) is 72.0. The normalized spacial score (nSPS) is 27.1. The van der Waals surface area contributed by atoms with E-state index >= 15 is 0 Å². The molecule has 11 atom stereocenters. The van der Waals surface area contributed by atoms with Gasteiger partial charge in [-0.3, -0.25) is 4.79 Å². The Hall–Kier alpha value is -1.53. The van der Waals surface area contributed by atoms with Crippen molar-refractivity contribution in [1.29, 1.82) is 0 Å². The summed E-state index contributed by atoms with van der Waals surface area (Å²) in [6, 6.07) is 0. The largest absolute Gasteiger partial charge is 0.457 e. The molecule has 2 aliphatic rings. The number of esters is 1. The van der Waals surface area contributed by atoms with Gasteiger partial charge in [0.05, 0.1) is 26.4 Å². The molecule has 0 bridgehead atoms. The molecule has 370 valence electrons. The Morgan fingerprint density at radius 2 is 0.984 bits per heavy atom. The Morgan fingerprint density at radius 3 is 1.54 bits per heavy atom. The van der Waals surface area contributed by atoms with Gasteiger partial charge < -0.3 is 64.2 Å². The molecule has 2 fully saturated rings. The van der Waals surface area contributed by atoms with E-state index in [1.54, 1.807) is 0 Å². The highest BCUT2D eigenvalue weighted by atomic mass is 16.7. The van der Waals surface area contributed by atoms with Crippen LogP contribution in [-0.2, 0) is 33.2 Å².